The average Bonchev–Trinajstić information content (AvgIpc) is 3.30. The average molecular weight is 425 g/mol. The van der Waals surface area contributed by atoms with Gasteiger partial charge >= 0.3 is 0 Å². The summed E-state index contributed by atoms with van der Waals surface area (Å²) in [7, 11) is 1.64. The summed E-state index contributed by atoms with van der Waals surface area (Å²) in [6.45, 7) is 5.90. The summed E-state index contributed by atoms with van der Waals surface area (Å²) in [6.07, 6.45) is 0. The van der Waals surface area contributed by atoms with Crippen molar-refractivity contribution >= 4 is 22.9 Å². The summed E-state index contributed by atoms with van der Waals surface area (Å²) >= 11 is 1.67. The summed E-state index contributed by atoms with van der Waals surface area (Å²) < 4.78 is 11.5. The van der Waals surface area contributed by atoms with Gasteiger partial charge in [-0.05, 0) is 54.7 Å². The van der Waals surface area contributed by atoms with Gasteiger partial charge in [-0.25, -0.2) is 0 Å². The molecule has 1 heterocycles. The number of rotatable bonds is 10. The van der Waals surface area contributed by atoms with Crippen molar-refractivity contribution in [1.82, 2.24) is 4.90 Å². The van der Waals surface area contributed by atoms with E-state index in [2.05, 4.69) is 17.1 Å². The maximum atomic E-state index is 12.7. The molecule has 5 nitrogen and oxygen atoms in total. The van der Waals surface area contributed by atoms with Crippen LogP contribution in [0.15, 0.2) is 66.0 Å². The SMILES string of the molecule is CCN(Cc1ccc(OCc2cccs2)c(OC)c1)[C@H](C)C(=O)Nc1ccccc1. The molecule has 0 aliphatic carbocycles. The minimum Gasteiger partial charge on any atom is -0.493 e. The van der Waals surface area contributed by atoms with Crippen LogP contribution >= 0.6 is 11.3 Å². The predicted molar refractivity (Wildman–Crippen MR) is 122 cm³/mol. The van der Waals surface area contributed by atoms with Crippen LogP contribution in [0.4, 0.5) is 5.69 Å². The fourth-order valence-electron chi connectivity index (χ4n) is 3.16. The Balaban J connectivity index is 1.64. The minimum absolute atomic E-state index is 0.0223. The molecule has 2 aromatic carbocycles. The molecular formula is C24H28N2O3S. The van der Waals surface area contributed by atoms with Crippen LogP contribution in [-0.4, -0.2) is 30.5 Å². The molecule has 0 aliphatic rings. The quantitative estimate of drug-likeness (QED) is 0.487. The summed E-state index contributed by atoms with van der Waals surface area (Å²) in [5.41, 5.74) is 1.87. The third kappa shape index (κ3) is 5.84. The molecule has 1 atom stereocenters. The van der Waals surface area contributed by atoms with Crippen molar-refractivity contribution in [3.63, 3.8) is 0 Å². The van der Waals surface area contributed by atoms with Crippen LogP contribution in [0.1, 0.15) is 24.3 Å². The number of nitrogens with one attached hydrogen (secondary N) is 1. The van der Waals surface area contributed by atoms with E-state index in [1.807, 2.05) is 73.0 Å². The first kappa shape index (κ1) is 21.9. The number of nitrogens with zero attached hydrogens (tertiary/aromatic N) is 1. The van der Waals surface area contributed by atoms with Crippen molar-refractivity contribution in [3.05, 3.63) is 76.5 Å². The third-order valence-corrected chi connectivity index (χ3v) is 5.79. The molecule has 30 heavy (non-hydrogen) atoms. The van der Waals surface area contributed by atoms with E-state index in [0.717, 1.165) is 22.7 Å². The Morgan fingerprint density at radius 1 is 1.10 bits per heavy atom. The molecular weight excluding hydrogens is 396 g/mol. The van der Waals surface area contributed by atoms with Crippen molar-refractivity contribution in [3.8, 4) is 11.5 Å². The van der Waals surface area contributed by atoms with E-state index >= 15 is 0 Å². The highest BCUT2D eigenvalue weighted by Gasteiger charge is 2.21. The number of likely N-dealkylation sites (N-methyl/N-ethyl adjacent to an activating group) is 1. The molecule has 0 saturated heterocycles. The van der Waals surface area contributed by atoms with Crippen LogP contribution < -0.4 is 14.8 Å². The molecule has 0 saturated carbocycles. The minimum atomic E-state index is -0.268. The number of methoxy groups -OCH3 is 1. The largest absolute Gasteiger partial charge is 0.493 e. The zero-order valence-corrected chi connectivity index (χ0v) is 18.4. The number of carbonyl (C=O) groups is 1. The second-order valence-electron chi connectivity index (χ2n) is 6.95. The molecule has 3 rings (SSSR count). The van der Waals surface area contributed by atoms with Crippen LogP contribution in [-0.2, 0) is 17.9 Å². The van der Waals surface area contributed by atoms with E-state index in [0.29, 0.717) is 24.7 Å². The molecule has 0 radical (unpaired) electrons. The fourth-order valence-corrected chi connectivity index (χ4v) is 3.78. The van der Waals surface area contributed by atoms with E-state index in [-0.39, 0.29) is 11.9 Å². The van der Waals surface area contributed by atoms with Gasteiger partial charge in [0, 0.05) is 17.1 Å². The van der Waals surface area contributed by atoms with Crippen molar-refractivity contribution < 1.29 is 14.3 Å². The Morgan fingerprint density at radius 2 is 1.90 bits per heavy atom. The van der Waals surface area contributed by atoms with E-state index < -0.39 is 0 Å². The first-order valence-corrected chi connectivity index (χ1v) is 10.9. The van der Waals surface area contributed by atoms with Gasteiger partial charge < -0.3 is 14.8 Å². The van der Waals surface area contributed by atoms with Crippen LogP contribution in [0.3, 0.4) is 0 Å². The van der Waals surface area contributed by atoms with Gasteiger partial charge in [-0.1, -0.05) is 37.3 Å². The first-order valence-electron chi connectivity index (χ1n) is 10.0. The zero-order valence-electron chi connectivity index (χ0n) is 17.6. The number of hydrogen-bond acceptors (Lipinski definition) is 5. The van der Waals surface area contributed by atoms with Gasteiger partial charge in [-0.3, -0.25) is 9.69 Å². The molecule has 1 aromatic heterocycles. The standard InChI is InChI=1S/C24H28N2O3S/c1-4-26(18(2)24(27)25-20-9-6-5-7-10-20)16-19-12-13-22(23(15-19)28-3)29-17-21-11-8-14-30-21/h5-15,18H,4,16-17H2,1-3H3,(H,25,27)/t18-/m1/s1. The van der Waals surface area contributed by atoms with Crippen LogP contribution in [0.25, 0.3) is 0 Å². The molecule has 1 amide bonds. The van der Waals surface area contributed by atoms with Crippen molar-refractivity contribution in [2.75, 3.05) is 19.0 Å². The summed E-state index contributed by atoms with van der Waals surface area (Å²) in [5, 5.41) is 5.01. The Hall–Kier alpha value is -2.83. The number of amides is 1. The summed E-state index contributed by atoms with van der Waals surface area (Å²) in [6, 6.07) is 19.3. The monoisotopic (exact) mass is 424 g/mol. The smallest absolute Gasteiger partial charge is 0.241 e. The highest BCUT2D eigenvalue weighted by Crippen LogP contribution is 2.30. The van der Waals surface area contributed by atoms with Crippen LogP contribution in [0, 0.1) is 0 Å². The lowest BCUT2D eigenvalue weighted by atomic mass is 10.1. The molecule has 0 fully saturated rings. The maximum Gasteiger partial charge on any atom is 0.241 e. The van der Waals surface area contributed by atoms with Crippen molar-refractivity contribution in [2.45, 2.75) is 33.0 Å². The zero-order chi connectivity index (χ0) is 21.3. The lowest BCUT2D eigenvalue weighted by Crippen LogP contribution is -2.41. The van der Waals surface area contributed by atoms with Gasteiger partial charge in [0.2, 0.25) is 5.91 Å². The van der Waals surface area contributed by atoms with Crippen molar-refractivity contribution in [2.24, 2.45) is 0 Å². The van der Waals surface area contributed by atoms with E-state index in [1.54, 1.807) is 18.4 Å². The summed E-state index contributed by atoms with van der Waals surface area (Å²) in [4.78, 5) is 16.0. The Bertz CT molecular complexity index is 929. The predicted octanol–water partition coefficient (Wildman–Crippen LogP) is 5.18. The number of benzene rings is 2. The molecule has 0 spiro atoms. The number of anilines is 1. The van der Waals surface area contributed by atoms with E-state index in [4.69, 9.17) is 9.47 Å². The first-order chi connectivity index (χ1) is 14.6. The molecule has 0 bridgehead atoms. The second-order valence-corrected chi connectivity index (χ2v) is 7.98. The van der Waals surface area contributed by atoms with E-state index in [1.165, 1.54) is 0 Å². The molecule has 0 unspecified atom stereocenters. The number of hydrogen-bond donors (Lipinski definition) is 1. The highest BCUT2D eigenvalue weighted by atomic mass is 32.1. The van der Waals surface area contributed by atoms with Gasteiger partial charge in [0.05, 0.1) is 13.2 Å². The van der Waals surface area contributed by atoms with Crippen molar-refractivity contribution in [1.29, 1.82) is 0 Å². The molecule has 3 aromatic rings. The highest BCUT2D eigenvalue weighted by molar-refractivity contribution is 7.09. The number of carbonyl (C=O) groups excluding carboxylic acids is 1. The van der Waals surface area contributed by atoms with E-state index in [9.17, 15) is 4.79 Å². The fraction of sp³-hybridized carbons (Fsp3) is 0.292. The van der Waals surface area contributed by atoms with Gasteiger partial charge in [-0.2, -0.15) is 0 Å². The van der Waals surface area contributed by atoms with Gasteiger partial charge in [0.25, 0.3) is 0 Å². The Labute approximate surface area is 182 Å². The van der Waals surface area contributed by atoms with Gasteiger partial charge in [0.1, 0.15) is 6.61 Å². The molecule has 0 aliphatic heterocycles. The normalized spacial score (nSPS) is 11.9. The topological polar surface area (TPSA) is 50.8 Å². The maximum absolute atomic E-state index is 12.7. The second kappa shape index (κ2) is 10.8. The number of thiophene rings is 1. The van der Waals surface area contributed by atoms with Gasteiger partial charge in [-0.15, -0.1) is 11.3 Å². The summed E-state index contributed by atoms with van der Waals surface area (Å²) in [5.74, 6) is 1.39. The third-order valence-electron chi connectivity index (χ3n) is 4.94. The lowest BCUT2D eigenvalue weighted by molar-refractivity contribution is -0.120. The molecule has 6 heteroatoms. The number of para-hydroxylation sites is 1. The molecule has 158 valence electrons. The number of ether oxygens (including phenoxy) is 2. The van der Waals surface area contributed by atoms with Crippen LogP contribution in [0.5, 0.6) is 11.5 Å². The Kier molecular flexibility index (Phi) is 7.88. The Morgan fingerprint density at radius 3 is 2.57 bits per heavy atom. The lowest BCUT2D eigenvalue weighted by Gasteiger charge is -2.27. The molecule has 1 N–H and O–H groups in total. The van der Waals surface area contributed by atoms with Gasteiger partial charge in [0.15, 0.2) is 11.5 Å². The van der Waals surface area contributed by atoms with Crippen LogP contribution in [0.2, 0.25) is 0 Å².